The standard InChI is InChI=1S/C16H23F3N4O2S/c1-14(2,3)26(25)23(13(24)16(17,18)19)12-11-4-7-21-22(11)10-15(12)5-8-20-9-6-15/h4,7,12,20H,5-6,8-10H2,1-3H3/t12-,26?/m1/s1. The van der Waals surface area contributed by atoms with Crippen LogP contribution in [0.2, 0.25) is 0 Å². The lowest BCUT2D eigenvalue weighted by molar-refractivity contribution is -0.184. The minimum absolute atomic E-state index is 0.421. The number of carbonyl (C=O) groups excluding carboxylic acids is 1. The minimum Gasteiger partial charge on any atom is -0.592 e. The van der Waals surface area contributed by atoms with E-state index in [1.165, 1.54) is 6.20 Å². The molecule has 1 unspecified atom stereocenters. The number of alkyl halides is 3. The molecule has 0 saturated carbocycles. The van der Waals surface area contributed by atoms with E-state index in [4.69, 9.17) is 0 Å². The number of nitrogens with one attached hydrogen (secondary N) is 1. The van der Waals surface area contributed by atoms with Gasteiger partial charge in [-0.05, 0) is 52.8 Å². The molecule has 6 nitrogen and oxygen atoms in total. The number of rotatable bonds is 2. The molecule has 1 saturated heterocycles. The Morgan fingerprint density at radius 2 is 2.00 bits per heavy atom. The van der Waals surface area contributed by atoms with Crippen LogP contribution >= 0.6 is 0 Å². The van der Waals surface area contributed by atoms with Crippen molar-refractivity contribution in [2.24, 2.45) is 5.41 Å². The largest absolute Gasteiger partial charge is 0.592 e. The van der Waals surface area contributed by atoms with Crippen molar-refractivity contribution in [2.75, 3.05) is 13.1 Å². The van der Waals surface area contributed by atoms with Gasteiger partial charge in [0.2, 0.25) is 0 Å². The number of aromatic nitrogens is 2. The quantitative estimate of drug-likeness (QED) is 0.783. The van der Waals surface area contributed by atoms with E-state index in [0.29, 0.717) is 42.5 Å². The Kier molecular flexibility index (Phi) is 4.81. The number of hydrogen-bond acceptors (Lipinski definition) is 4. The van der Waals surface area contributed by atoms with E-state index in [1.807, 2.05) is 0 Å². The molecule has 1 aromatic rings. The number of amides is 1. The Balaban J connectivity index is 2.12. The molecule has 3 heterocycles. The molecular formula is C16H23F3N4O2S. The molecule has 10 heteroatoms. The summed E-state index contributed by atoms with van der Waals surface area (Å²) in [5.41, 5.74) is -0.0847. The molecule has 26 heavy (non-hydrogen) atoms. The molecule has 146 valence electrons. The number of fused-ring (bicyclic) bond motifs is 1. The number of nitrogens with zero attached hydrogens (tertiary/aromatic N) is 3. The van der Waals surface area contributed by atoms with Crippen molar-refractivity contribution >= 4 is 17.3 Å². The predicted molar refractivity (Wildman–Crippen MR) is 90.3 cm³/mol. The lowest BCUT2D eigenvalue weighted by Crippen LogP contribution is -2.56. The maximum Gasteiger partial charge on any atom is 0.475 e. The van der Waals surface area contributed by atoms with Crippen molar-refractivity contribution < 1.29 is 22.5 Å². The van der Waals surface area contributed by atoms with Crippen molar-refractivity contribution in [1.29, 1.82) is 0 Å². The van der Waals surface area contributed by atoms with Crippen LogP contribution in [0, 0.1) is 5.41 Å². The second-order valence-electron chi connectivity index (χ2n) is 7.92. The summed E-state index contributed by atoms with van der Waals surface area (Å²) in [4.78, 5) is 12.4. The monoisotopic (exact) mass is 392 g/mol. The number of halogens is 3. The van der Waals surface area contributed by atoms with Crippen LogP contribution in [0.4, 0.5) is 13.2 Å². The Morgan fingerprint density at radius 3 is 2.54 bits per heavy atom. The third-order valence-corrected chi connectivity index (χ3v) is 6.83. The Hall–Kier alpha value is -1.26. The Labute approximate surface area is 153 Å². The summed E-state index contributed by atoms with van der Waals surface area (Å²) < 4.78 is 54.5. The molecule has 3 rings (SSSR count). The second kappa shape index (κ2) is 6.42. The molecule has 0 radical (unpaired) electrons. The van der Waals surface area contributed by atoms with Crippen molar-refractivity contribution in [3.63, 3.8) is 0 Å². The van der Waals surface area contributed by atoms with Gasteiger partial charge in [0.1, 0.15) is 10.8 Å². The van der Waals surface area contributed by atoms with Crippen LogP contribution in [0.1, 0.15) is 45.3 Å². The summed E-state index contributed by atoms with van der Waals surface area (Å²) in [5, 5.41) is 7.40. The van der Waals surface area contributed by atoms with E-state index in [2.05, 4.69) is 10.4 Å². The maximum absolute atomic E-state index is 13.4. The lowest BCUT2D eigenvalue weighted by atomic mass is 9.73. The number of hydrogen-bond donors (Lipinski definition) is 1. The van der Waals surface area contributed by atoms with E-state index in [-0.39, 0.29) is 0 Å². The van der Waals surface area contributed by atoms with Crippen LogP contribution < -0.4 is 5.32 Å². The minimum atomic E-state index is -5.09. The molecule has 1 aromatic heterocycles. The van der Waals surface area contributed by atoms with Gasteiger partial charge >= 0.3 is 12.1 Å². The van der Waals surface area contributed by atoms with E-state index in [1.54, 1.807) is 31.5 Å². The summed E-state index contributed by atoms with van der Waals surface area (Å²) in [5.74, 6) is -2.05. The number of carbonyl (C=O) groups is 1. The SMILES string of the molecule is CC(C)(C)[S+]([O-])N(C(=O)C(F)(F)F)[C@@H]1c2ccnn2CC12CCNCC2. The first-order valence-electron chi connectivity index (χ1n) is 8.52. The van der Waals surface area contributed by atoms with Gasteiger partial charge in [0.05, 0.1) is 17.1 Å². The highest BCUT2D eigenvalue weighted by Crippen LogP contribution is 2.53. The van der Waals surface area contributed by atoms with Crippen LogP contribution in [-0.2, 0) is 22.7 Å². The molecule has 1 N–H and O–H groups in total. The van der Waals surface area contributed by atoms with Gasteiger partial charge in [0.15, 0.2) is 0 Å². The summed E-state index contributed by atoms with van der Waals surface area (Å²) >= 11 is -2.16. The first-order valence-corrected chi connectivity index (χ1v) is 9.63. The van der Waals surface area contributed by atoms with E-state index in [9.17, 15) is 22.5 Å². The Bertz CT molecular complexity index is 680. The summed E-state index contributed by atoms with van der Waals surface area (Å²) in [6.45, 7) is 6.41. The topological polar surface area (TPSA) is 73.2 Å². The van der Waals surface area contributed by atoms with Gasteiger partial charge in [-0.3, -0.25) is 9.48 Å². The normalized spacial score (nSPS) is 23.7. The molecule has 0 aliphatic carbocycles. The van der Waals surface area contributed by atoms with E-state index in [0.717, 1.165) is 0 Å². The van der Waals surface area contributed by atoms with Crippen LogP contribution in [0.15, 0.2) is 12.3 Å². The maximum atomic E-state index is 13.4. The van der Waals surface area contributed by atoms with Gasteiger partial charge in [0, 0.05) is 18.2 Å². The van der Waals surface area contributed by atoms with Gasteiger partial charge in [-0.1, -0.05) is 0 Å². The summed E-state index contributed by atoms with van der Waals surface area (Å²) in [6, 6.07) is 0.708. The molecular weight excluding hydrogens is 369 g/mol. The van der Waals surface area contributed by atoms with Crippen molar-refractivity contribution in [3.8, 4) is 0 Å². The smallest absolute Gasteiger partial charge is 0.475 e. The molecule has 2 aliphatic rings. The second-order valence-corrected chi connectivity index (χ2v) is 10.0. The molecule has 1 fully saturated rings. The van der Waals surface area contributed by atoms with Crippen LogP contribution in [0.3, 0.4) is 0 Å². The van der Waals surface area contributed by atoms with E-state index >= 15 is 0 Å². The zero-order valence-corrected chi connectivity index (χ0v) is 15.8. The van der Waals surface area contributed by atoms with Gasteiger partial charge < -0.3 is 9.87 Å². The lowest BCUT2D eigenvalue weighted by Gasteiger charge is -2.44. The van der Waals surface area contributed by atoms with Gasteiger partial charge in [-0.15, -0.1) is 4.31 Å². The first-order chi connectivity index (χ1) is 12.0. The van der Waals surface area contributed by atoms with Gasteiger partial charge in [-0.2, -0.15) is 18.3 Å². The zero-order valence-electron chi connectivity index (χ0n) is 15.0. The van der Waals surface area contributed by atoms with Crippen LogP contribution in [-0.4, -0.2) is 48.6 Å². The summed E-state index contributed by atoms with van der Waals surface area (Å²) in [6.07, 6.45) is -2.41. The van der Waals surface area contributed by atoms with Crippen molar-refractivity contribution in [1.82, 2.24) is 19.4 Å². The first kappa shape index (κ1) is 19.5. The average molecular weight is 392 g/mol. The fourth-order valence-electron chi connectivity index (χ4n) is 3.84. The van der Waals surface area contributed by atoms with Gasteiger partial charge in [-0.25, -0.2) is 0 Å². The summed E-state index contributed by atoms with van der Waals surface area (Å²) in [7, 11) is 0. The van der Waals surface area contributed by atoms with Crippen LogP contribution in [0.25, 0.3) is 0 Å². The molecule has 1 amide bonds. The van der Waals surface area contributed by atoms with Gasteiger partial charge in [0.25, 0.3) is 0 Å². The predicted octanol–water partition coefficient (Wildman–Crippen LogP) is 2.16. The third-order valence-electron chi connectivity index (χ3n) is 5.05. The Morgan fingerprint density at radius 1 is 1.38 bits per heavy atom. The van der Waals surface area contributed by atoms with Crippen LogP contribution in [0.5, 0.6) is 0 Å². The zero-order chi connectivity index (χ0) is 19.3. The third kappa shape index (κ3) is 3.22. The van der Waals surface area contributed by atoms with Crippen molar-refractivity contribution in [3.05, 3.63) is 18.0 Å². The molecule has 0 aromatic carbocycles. The molecule has 0 bridgehead atoms. The van der Waals surface area contributed by atoms with Crippen molar-refractivity contribution in [2.45, 2.75) is 57.1 Å². The highest BCUT2D eigenvalue weighted by molar-refractivity contribution is 7.91. The molecule has 2 aliphatic heterocycles. The fourth-order valence-corrected chi connectivity index (χ4v) is 5.21. The fraction of sp³-hybridized carbons (Fsp3) is 0.750. The highest BCUT2D eigenvalue weighted by Gasteiger charge is 2.61. The van der Waals surface area contributed by atoms with E-state index < -0.39 is 39.6 Å². The number of piperidine rings is 1. The highest BCUT2D eigenvalue weighted by atomic mass is 32.2. The average Bonchev–Trinajstić information content (AvgIpc) is 3.07. The molecule has 1 spiro atoms. The molecule has 2 atom stereocenters.